The van der Waals surface area contributed by atoms with Crippen molar-refractivity contribution in [3.8, 4) is 0 Å². The molecule has 0 spiro atoms. The standard InChI is InChI=1S/C16H19NOS/c1-16(2,3)10-15-17-13(11-19-15)9-14(18)12-7-5-4-6-8-12/h4-8,11H,9-10H2,1-3H3. The van der Waals surface area contributed by atoms with Gasteiger partial charge in [0.1, 0.15) is 0 Å². The number of benzene rings is 1. The fourth-order valence-electron chi connectivity index (χ4n) is 1.86. The zero-order valence-electron chi connectivity index (χ0n) is 11.6. The summed E-state index contributed by atoms with van der Waals surface area (Å²) in [5.74, 6) is 0.133. The van der Waals surface area contributed by atoms with Crippen molar-refractivity contribution in [2.75, 3.05) is 0 Å². The predicted molar refractivity (Wildman–Crippen MR) is 79.7 cm³/mol. The first-order chi connectivity index (χ1) is 8.94. The van der Waals surface area contributed by atoms with Crippen molar-refractivity contribution in [1.82, 2.24) is 4.98 Å². The second-order valence-electron chi connectivity index (χ2n) is 5.94. The van der Waals surface area contributed by atoms with Gasteiger partial charge in [-0.3, -0.25) is 4.79 Å². The van der Waals surface area contributed by atoms with E-state index >= 15 is 0 Å². The highest BCUT2D eigenvalue weighted by Crippen LogP contribution is 2.23. The maximum Gasteiger partial charge on any atom is 0.168 e. The molecular formula is C16H19NOS. The normalized spacial score (nSPS) is 11.5. The molecule has 2 aromatic rings. The van der Waals surface area contributed by atoms with Gasteiger partial charge in [0.25, 0.3) is 0 Å². The third kappa shape index (κ3) is 4.28. The maximum absolute atomic E-state index is 12.1. The zero-order valence-corrected chi connectivity index (χ0v) is 12.5. The molecule has 1 heterocycles. The van der Waals surface area contributed by atoms with E-state index in [-0.39, 0.29) is 11.2 Å². The molecular weight excluding hydrogens is 254 g/mol. The topological polar surface area (TPSA) is 30.0 Å². The van der Waals surface area contributed by atoms with Gasteiger partial charge < -0.3 is 0 Å². The van der Waals surface area contributed by atoms with Crippen molar-refractivity contribution in [1.29, 1.82) is 0 Å². The average molecular weight is 273 g/mol. The van der Waals surface area contributed by atoms with Crippen LogP contribution < -0.4 is 0 Å². The number of hydrogen-bond acceptors (Lipinski definition) is 3. The number of carbonyl (C=O) groups is 1. The van der Waals surface area contributed by atoms with Gasteiger partial charge in [0, 0.05) is 17.4 Å². The Hall–Kier alpha value is -1.48. The fourth-order valence-corrected chi connectivity index (χ4v) is 2.95. The molecule has 3 heteroatoms. The summed E-state index contributed by atoms with van der Waals surface area (Å²) in [7, 11) is 0. The molecule has 0 aliphatic carbocycles. The van der Waals surface area contributed by atoms with Crippen molar-refractivity contribution >= 4 is 17.1 Å². The van der Waals surface area contributed by atoms with E-state index in [1.807, 2.05) is 35.7 Å². The van der Waals surface area contributed by atoms with Crippen LogP contribution in [0.1, 0.15) is 41.8 Å². The molecule has 0 N–H and O–H groups in total. The SMILES string of the molecule is CC(C)(C)Cc1nc(CC(=O)c2ccccc2)cs1. The molecule has 2 nitrogen and oxygen atoms in total. The number of ketones is 1. The van der Waals surface area contributed by atoms with E-state index in [9.17, 15) is 4.79 Å². The zero-order chi connectivity index (χ0) is 13.9. The summed E-state index contributed by atoms with van der Waals surface area (Å²) in [5, 5.41) is 3.12. The summed E-state index contributed by atoms with van der Waals surface area (Å²) in [6, 6.07) is 9.40. The lowest BCUT2D eigenvalue weighted by atomic mass is 9.93. The van der Waals surface area contributed by atoms with Gasteiger partial charge in [-0.1, -0.05) is 51.1 Å². The second kappa shape index (κ2) is 5.66. The van der Waals surface area contributed by atoms with Crippen LogP contribution in [0.5, 0.6) is 0 Å². The van der Waals surface area contributed by atoms with Gasteiger partial charge in [-0.15, -0.1) is 11.3 Å². The number of carbonyl (C=O) groups excluding carboxylic acids is 1. The van der Waals surface area contributed by atoms with Crippen molar-refractivity contribution in [3.05, 3.63) is 52.0 Å². The molecule has 100 valence electrons. The fraction of sp³-hybridized carbons (Fsp3) is 0.375. The second-order valence-corrected chi connectivity index (χ2v) is 6.88. The van der Waals surface area contributed by atoms with Gasteiger partial charge in [-0.2, -0.15) is 0 Å². The summed E-state index contributed by atoms with van der Waals surface area (Å²) in [6.45, 7) is 6.59. The van der Waals surface area contributed by atoms with E-state index in [1.165, 1.54) is 0 Å². The highest BCUT2D eigenvalue weighted by atomic mass is 32.1. The van der Waals surface area contributed by atoms with Gasteiger partial charge in [0.05, 0.1) is 17.1 Å². The largest absolute Gasteiger partial charge is 0.294 e. The van der Waals surface area contributed by atoms with Crippen LogP contribution in [0.25, 0.3) is 0 Å². The molecule has 0 aliphatic rings. The average Bonchev–Trinajstić information content (AvgIpc) is 2.75. The Morgan fingerprint density at radius 1 is 1.21 bits per heavy atom. The third-order valence-electron chi connectivity index (χ3n) is 2.72. The number of Topliss-reactive ketones (excluding diaryl/α,β-unsaturated/α-hetero) is 1. The Balaban J connectivity index is 2.03. The first-order valence-corrected chi connectivity index (χ1v) is 7.33. The van der Waals surface area contributed by atoms with Crippen molar-refractivity contribution in [2.45, 2.75) is 33.6 Å². The molecule has 0 bridgehead atoms. The van der Waals surface area contributed by atoms with E-state index in [0.29, 0.717) is 6.42 Å². The summed E-state index contributed by atoms with van der Waals surface area (Å²) in [5.41, 5.74) is 1.88. The number of thiazole rings is 1. The molecule has 1 aromatic carbocycles. The lowest BCUT2D eigenvalue weighted by molar-refractivity contribution is 0.0992. The monoisotopic (exact) mass is 273 g/mol. The Kier molecular flexibility index (Phi) is 4.15. The Morgan fingerprint density at radius 2 is 1.89 bits per heavy atom. The summed E-state index contributed by atoms with van der Waals surface area (Å²) in [4.78, 5) is 16.6. The lowest BCUT2D eigenvalue weighted by Crippen LogP contribution is -2.09. The quantitative estimate of drug-likeness (QED) is 0.783. The molecule has 0 atom stereocenters. The van der Waals surface area contributed by atoms with Crippen LogP contribution in [0.15, 0.2) is 35.7 Å². The number of aromatic nitrogens is 1. The molecule has 2 rings (SSSR count). The van der Waals surface area contributed by atoms with E-state index in [2.05, 4.69) is 25.8 Å². The number of hydrogen-bond donors (Lipinski definition) is 0. The van der Waals surface area contributed by atoms with Crippen LogP contribution >= 0.6 is 11.3 Å². The Morgan fingerprint density at radius 3 is 2.53 bits per heavy atom. The van der Waals surface area contributed by atoms with Crippen LogP contribution in [0.3, 0.4) is 0 Å². The maximum atomic E-state index is 12.1. The van der Waals surface area contributed by atoms with Gasteiger partial charge in [0.15, 0.2) is 5.78 Å². The molecule has 0 saturated heterocycles. The van der Waals surface area contributed by atoms with Gasteiger partial charge in [-0.05, 0) is 5.41 Å². The summed E-state index contributed by atoms with van der Waals surface area (Å²) in [6.07, 6.45) is 1.35. The minimum atomic E-state index is 0.133. The molecule has 0 amide bonds. The summed E-state index contributed by atoms with van der Waals surface area (Å²) < 4.78 is 0. The van der Waals surface area contributed by atoms with Gasteiger partial charge >= 0.3 is 0 Å². The molecule has 0 unspecified atom stereocenters. The van der Waals surface area contributed by atoms with Crippen molar-refractivity contribution in [3.63, 3.8) is 0 Å². The van der Waals surface area contributed by atoms with E-state index < -0.39 is 0 Å². The molecule has 0 saturated carbocycles. The van der Waals surface area contributed by atoms with Crippen LogP contribution in [0, 0.1) is 5.41 Å². The van der Waals surface area contributed by atoms with E-state index in [4.69, 9.17) is 0 Å². The Bertz CT molecular complexity index is 552. The first kappa shape index (κ1) is 13.9. The molecule has 19 heavy (non-hydrogen) atoms. The minimum absolute atomic E-state index is 0.133. The minimum Gasteiger partial charge on any atom is -0.294 e. The smallest absolute Gasteiger partial charge is 0.168 e. The van der Waals surface area contributed by atoms with E-state index in [0.717, 1.165) is 22.7 Å². The highest BCUT2D eigenvalue weighted by Gasteiger charge is 2.15. The predicted octanol–water partition coefficient (Wildman–Crippen LogP) is 4.16. The van der Waals surface area contributed by atoms with Crippen LogP contribution in [0.2, 0.25) is 0 Å². The van der Waals surface area contributed by atoms with Gasteiger partial charge in [-0.25, -0.2) is 4.98 Å². The van der Waals surface area contributed by atoms with Crippen LogP contribution in [-0.4, -0.2) is 10.8 Å². The third-order valence-corrected chi connectivity index (χ3v) is 3.62. The summed E-state index contributed by atoms with van der Waals surface area (Å²) >= 11 is 1.65. The lowest BCUT2D eigenvalue weighted by Gasteiger charge is -2.15. The van der Waals surface area contributed by atoms with Gasteiger partial charge in [0.2, 0.25) is 0 Å². The van der Waals surface area contributed by atoms with Crippen molar-refractivity contribution in [2.24, 2.45) is 5.41 Å². The first-order valence-electron chi connectivity index (χ1n) is 6.45. The molecule has 0 fully saturated rings. The van der Waals surface area contributed by atoms with Crippen molar-refractivity contribution < 1.29 is 4.79 Å². The Labute approximate surface area is 118 Å². The van der Waals surface area contributed by atoms with Crippen LogP contribution in [-0.2, 0) is 12.8 Å². The number of nitrogens with zero attached hydrogens (tertiary/aromatic N) is 1. The molecule has 1 aromatic heterocycles. The van der Waals surface area contributed by atoms with Crippen LogP contribution in [0.4, 0.5) is 0 Å². The highest BCUT2D eigenvalue weighted by molar-refractivity contribution is 7.09. The molecule has 0 aliphatic heterocycles. The van der Waals surface area contributed by atoms with E-state index in [1.54, 1.807) is 11.3 Å². The number of rotatable bonds is 4. The molecule has 0 radical (unpaired) electrons.